The lowest BCUT2D eigenvalue weighted by molar-refractivity contribution is -0.144. The van der Waals surface area contributed by atoms with E-state index in [1.165, 1.54) is 154 Å². The molecule has 0 aromatic heterocycles. The van der Waals surface area contributed by atoms with E-state index in [2.05, 4.69) is 38.2 Å². The van der Waals surface area contributed by atoms with Gasteiger partial charge in [0.15, 0.2) is 5.78 Å². The second-order valence-electron chi connectivity index (χ2n) is 13.9. The maximum atomic E-state index is 13.3. The third-order valence-corrected chi connectivity index (χ3v) is 9.26. The summed E-state index contributed by atoms with van der Waals surface area (Å²) in [5.74, 6) is -0.472. The van der Waals surface area contributed by atoms with Crippen molar-refractivity contribution in [3.63, 3.8) is 0 Å². The number of ketones is 1. The molecule has 1 unspecified atom stereocenters. The van der Waals surface area contributed by atoms with Crippen LogP contribution in [0.3, 0.4) is 0 Å². The standard InChI is InChI=1S/C42H78FNO3/c1-3-5-7-9-11-13-15-17-19-21-22-24-26-28-30-32-34-36-41(45)40(44-43)37-38-42(46)47-39-35-33-31-29-27-25-23-20-18-16-14-12-10-8-6-4-2/h17-20,40,44H,3-16,21-39H2,1-2H3/b19-17-,20-18-. The fourth-order valence-electron chi connectivity index (χ4n) is 6.04. The van der Waals surface area contributed by atoms with E-state index in [1.807, 2.05) is 0 Å². The van der Waals surface area contributed by atoms with Crippen LogP contribution in [-0.4, -0.2) is 24.4 Å². The van der Waals surface area contributed by atoms with Crippen LogP contribution in [0, 0.1) is 0 Å². The van der Waals surface area contributed by atoms with E-state index in [9.17, 15) is 14.1 Å². The summed E-state index contributed by atoms with van der Waals surface area (Å²) in [5, 5.41) is 0. The molecule has 276 valence electrons. The Hall–Kier alpha value is -1.49. The molecule has 0 heterocycles. The minimum absolute atomic E-state index is 0.0773. The highest BCUT2D eigenvalue weighted by Crippen LogP contribution is 2.14. The van der Waals surface area contributed by atoms with Crippen molar-refractivity contribution in [3.05, 3.63) is 24.3 Å². The molecule has 0 fully saturated rings. The molecule has 0 aliphatic rings. The number of rotatable bonds is 38. The molecule has 1 atom stereocenters. The second-order valence-corrected chi connectivity index (χ2v) is 13.9. The van der Waals surface area contributed by atoms with E-state index in [-0.39, 0.29) is 24.6 Å². The molecule has 0 aromatic carbocycles. The molecule has 0 saturated heterocycles. The summed E-state index contributed by atoms with van der Waals surface area (Å²) in [6.45, 7) is 4.94. The molecule has 0 spiro atoms. The molecular formula is C42H78FNO3. The lowest BCUT2D eigenvalue weighted by atomic mass is 10.0. The zero-order valence-corrected chi connectivity index (χ0v) is 31.3. The van der Waals surface area contributed by atoms with Crippen molar-refractivity contribution in [2.75, 3.05) is 6.61 Å². The number of allylic oxidation sites excluding steroid dienone is 4. The van der Waals surface area contributed by atoms with E-state index in [1.54, 1.807) is 5.54 Å². The minimum atomic E-state index is -0.901. The Kier molecular flexibility index (Phi) is 37.7. The van der Waals surface area contributed by atoms with Gasteiger partial charge in [-0.3, -0.25) is 9.59 Å². The summed E-state index contributed by atoms with van der Waals surface area (Å²) in [5.41, 5.74) is 1.62. The molecule has 4 nitrogen and oxygen atoms in total. The van der Waals surface area contributed by atoms with Gasteiger partial charge < -0.3 is 4.74 Å². The fraction of sp³-hybridized carbons (Fsp3) is 0.857. The maximum Gasteiger partial charge on any atom is 0.305 e. The van der Waals surface area contributed by atoms with Crippen molar-refractivity contribution >= 4 is 11.8 Å². The smallest absolute Gasteiger partial charge is 0.305 e. The lowest BCUT2D eigenvalue weighted by Gasteiger charge is -2.12. The van der Waals surface area contributed by atoms with Gasteiger partial charge in [-0.1, -0.05) is 160 Å². The maximum absolute atomic E-state index is 13.3. The van der Waals surface area contributed by atoms with E-state index in [0.717, 1.165) is 32.1 Å². The van der Waals surface area contributed by atoms with Gasteiger partial charge in [0.05, 0.1) is 12.6 Å². The van der Waals surface area contributed by atoms with Gasteiger partial charge in [0.25, 0.3) is 0 Å². The van der Waals surface area contributed by atoms with Gasteiger partial charge in [0, 0.05) is 12.8 Å². The van der Waals surface area contributed by atoms with Crippen molar-refractivity contribution in [3.8, 4) is 0 Å². The predicted octanol–water partition coefficient (Wildman–Crippen LogP) is 13.6. The molecule has 0 rings (SSSR count). The Bertz CT molecular complexity index is 723. The minimum Gasteiger partial charge on any atom is -0.466 e. The highest BCUT2D eigenvalue weighted by molar-refractivity contribution is 5.84. The van der Waals surface area contributed by atoms with Crippen LogP contribution in [0.2, 0.25) is 0 Å². The average molecular weight is 664 g/mol. The summed E-state index contributed by atoms with van der Waals surface area (Å²) in [6, 6.07) is -0.901. The Morgan fingerprint density at radius 1 is 0.511 bits per heavy atom. The van der Waals surface area contributed by atoms with Gasteiger partial charge >= 0.3 is 5.97 Å². The molecular weight excluding hydrogens is 585 g/mol. The van der Waals surface area contributed by atoms with Crippen LogP contribution in [0.4, 0.5) is 4.48 Å². The number of unbranched alkanes of at least 4 members (excludes halogenated alkanes) is 25. The number of hydrogen-bond acceptors (Lipinski definition) is 4. The fourth-order valence-corrected chi connectivity index (χ4v) is 6.04. The molecule has 0 aliphatic heterocycles. The van der Waals surface area contributed by atoms with Gasteiger partial charge in [-0.25, -0.2) is 0 Å². The van der Waals surface area contributed by atoms with Gasteiger partial charge in [0.1, 0.15) is 0 Å². The monoisotopic (exact) mass is 664 g/mol. The van der Waals surface area contributed by atoms with Gasteiger partial charge in [-0.2, -0.15) is 0 Å². The topological polar surface area (TPSA) is 55.4 Å². The summed E-state index contributed by atoms with van der Waals surface area (Å²) in [7, 11) is 0. The Morgan fingerprint density at radius 2 is 0.872 bits per heavy atom. The number of carbonyl (C=O) groups is 2. The van der Waals surface area contributed by atoms with Crippen molar-refractivity contribution in [2.24, 2.45) is 0 Å². The van der Waals surface area contributed by atoms with Crippen LogP contribution < -0.4 is 5.54 Å². The lowest BCUT2D eigenvalue weighted by Crippen LogP contribution is -2.32. The zero-order chi connectivity index (χ0) is 34.3. The molecule has 0 amide bonds. The molecule has 0 bridgehead atoms. The number of hydrogen-bond donors (Lipinski definition) is 1. The summed E-state index contributed by atoms with van der Waals surface area (Å²) in [6.07, 6.45) is 45.9. The first-order valence-electron chi connectivity index (χ1n) is 20.5. The van der Waals surface area contributed by atoms with E-state index in [4.69, 9.17) is 4.74 Å². The number of esters is 1. The first-order valence-corrected chi connectivity index (χ1v) is 20.5. The summed E-state index contributed by atoms with van der Waals surface area (Å²) in [4.78, 5) is 24.5. The Labute approximate surface area is 291 Å². The molecule has 47 heavy (non-hydrogen) atoms. The van der Waals surface area contributed by atoms with Gasteiger partial charge in [-0.05, 0) is 70.6 Å². The predicted molar refractivity (Wildman–Crippen MR) is 201 cm³/mol. The third kappa shape index (κ3) is 35.6. The third-order valence-electron chi connectivity index (χ3n) is 9.26. The molecule has 0 aliphatic carbocycles. The molecule has 0 aromatic rings. The molecule has 0 saturated carbocycles. The quantitative estimate of drug-likeness (QED) is 0.0309. The van der Waals surface area contributed by atoms with Crippen LogP contribution in [-0.2, 0) is 14.3 Å². The summed E-state index contributed by atoms with van der Waals surface area (Å²) >= 11 is 0. The van der Waals surface area contributed by atoms with E-state index < -0.39 is 6.04 Å². The highest BCUT2D eigenvalue weighted by Gasteiger charge is 2.19. The van der Waals surface area contributed by atoms with Crippen LogP contribution >= 0.6 is 0 Å². The number of halogens is 1. The Morgan fingerprint density at radius 3 is 1.28 bits per heavy atom. The SMILES string of the molecule is CCCCCCCC/C=C\CCCCCCCCCC(=O)C(CCC(=O)OCCCCCCCC/C=C\CCCCCCCC)NF. The van der Waals surface area contributed by atoms with Crippen molar-refractivity contribution < 1.29 is 18.8 Å². The zero-order valence-electron chi connectivity index (χ0n) is 31.3. The molecule has 5 heteroatoms. The van der Waals surface area contributed by atoms with Crippen molar-refractivity contribution in [1.29, 1.82) is 0 Å². The van der Waals surface area contributed by atoms with Crippen LogP contribution in [0.1, 0.15) is 219 Å². The van der Waals surface area contributed by atoms with Crippen LogP contribution in [0.25, 0.3) is 0 Å². The number of ether oxygens (including phenoxy) is 1. The average Bonchev–Trinajstić information content (AvgIpc) is 3.07. The van der Waals surface area contributed by atoms with Crippen molar-refractivity contribution in [2.45, 2.75) is 225 Å². The Balaban J connectivity index is 3.55. The van der Waals surface area contributed by atoms with Crippen LogP contribution in [0.15, 0.2) is 24.3 Å². The van der Waals surface area contributed by atoms with E-state index in [0.29, 0.717) is 13.0 Å². The number of carbonyl (C=O) groups excluding carboxylic acids is 2. The highest BCUT2D eigenvalue weighted by atomic mass is 19.2. The first kappa shape index (κ1) is 45.5. The van der Waals surface area contributed by atoms with Gasteiger partial charge in [-0.15, -0.1) is 10.0 Å². The number of nitrogens with one attached hydrogen (secondary N) is 1. The second kappa shape index (κ2) is 39.0. The van der Waals surface area contributed by atoms with Gasteiger partial charge in [0.2, 0.25) is 0 Å². The van der Waals surface area contributed by atoms with Crippen LogP contribution in [0.5, 0.6) is 0 Å². The molecule has 1 N–H and O–H groups in total. The summed E-state index contributed by atoms with van der Waals surface area (Å²) < 4.78 is 18.6. The largest absolute Gasteiger partial charge is 0.466 e. The number of Topliss-reactive ketones (excluding diaryl/α,β-unsaturated/α-hetero) is 1. The molecule has 0 radical (unpaired) electrons. The van der Waals surface area contributed by atoms with E-state index >= 15 is 0 Å². The first-order chi connectivity index (χ1) is 23.2. The van der Waals surface area contributed by atoms with Crippen molar-refractivity contribution in [1.82, 2.24) is 5.54 Å². The normalized spacial score (nSPS) is 12.4.